The summed E-state index contributed by atoms with van der Waals surface area (Å²) in [6, 6.07) is 2.04. The van der Waals surface area contributed by atoms with Gasteiger partial charge in [-0.05, 0) is 25.7 Å². The highest BCUT2D eigenvalue weighted by molar-refractivity contribution is 5.43. The lowest BCUT2D eigenvalue weighted by Gasteiger charge is -2.30. The first-order valence-electron chi connectivity index (χ1n) is 5.93. The van der Waals surface area contributed by atoms with Gasteiger partial charge >= 0.3 is 0 Å². The van der Waals surface area contributed by atoms with Crippen LogP contribution in [-0.4, -0.2) is 30.6 Å². The fraction of sp³-hybridized carbons (Fsp3) is 0.667. The second-order valence-corrected chi connectivity index (χ2v) is 4.62. The van der Waals surface area contributed by atoms with Gasteiger partial charge in [-0.25, -0.2) is 4.98 Å². The zero-order valence-electron chi connectivity index (χ0n) is 10.3. The van der Waals surface area contributed by atoms with Crippen LogP contribution in [0.15, 0.2) is 6.07 Å². The molecule has 1 aliphatic carbocycles. The van der Waals surface area contributed by atoms with E-state index < -0.39 is 0 Å². The molecule has 0 aromatic carbocycles. The molecule has 1 aliphatic rings. The minimum absolute atomic E-state index is 0.704. The molecule has 1 fully saturated rings. The smallest absolute Gasteiger partial charge is 0.224 e. The molecule has 2 rings (SSSR count). The van der Waals surface area contributed by atoms with Gasteiger partial charge < -0.3 is 10.2 Å². The lowest BCUT2D eigenvalue weighted by atomic mass is 9.85. The van der Waals surface area contributed by atoms with Crippen molar-refractivity contribution in [1.82, 2.24) is 9.97 Å². The van der Waals surface area contributed by atoms with E-state index in [2.05, 4.69) is 27.2 Å². The van der Waals surface area contributed by atoms with E-state index in [1.54, 1.807) is 0 Å². The predicted octanol–water partition coefficient (Wildman–Crippen LogP) is 2.06. The van der Waals surface area contributed by atoms with E-state index in [9.17, 15) is 0 Å². The first-order valence-corrected chi connectivity index (χ1v) is 5.93. The summed E-state index contributed by atoms with van der Waals surface area (Å²) < 4.78 is 0. The lowest BCUT2D eigenvalue weighted by molar-refractivity contribution is 0.321. The summed E-state index contributed by atoms with van der Waals surface area (Å²) >= 11 is 0. The first kappa shape index (κ1) is 11.2. The standard InChI is InChI=1S/C12H20N4/c1-9-7-11(15-12(13-2)14-9)16(3)8-10-5-4-6-10/h7,10H,4-6,8H2,1-3H3,(H,13,14,15). The topological polar surface area (TPSA) is 41.1 Å². The summed E-state index contributed by atoms with van der Waals surface area (Å²) in [6.45, 7) is 3.11. The molecule has 0 bridgehead atoms. The number of hydrogen-bond acceptors (Lipinski definition) is 4. The van der Waals surface area contributed by atoms with Crippen molar-refractivity contribution in [1.29, 1.82) is 0 Å². The molecule has 1 N–H and O–H groups in total. The molecule has 1 aromatic rings. The predicted molar refractivity (Wildman–Crippen MR) is 66.9 cm³/mol. The van der Waals surface area contributed by atoms with Crippen molar-refractivity contribution in [2.24, 2.45) is 5.92 Å². The Morgan fingerprint density at radius 1 is 1.44 bits per heavy atom. The number of aryl methyl sites for hydroxylation is 1. The highest BCUT2D eigenvalue weighted by Crippen LogP contribution is 2.28. The van der Waals surface area contributed by atoms with Crippen LogP contribution in [0.1, 0.15) is 25.0 Å². The van der Waals surface area contributed by atoms with Crippen LogP contribution in [-0.2, 0) is 0 Å². The molecular weight excluding hydrogens is 200 g/mol. The van der Waals surface area contributed by atoms with Gasteiger partial charge in [0.2, 0.25) is 5.95 Å². The van der Waals surface area contributed by atoms with Crippen molar-refractivity contribution in [2.75, 3.05) is 30.9 Å². The van der Waals surface area contributed by atoms with Gasteiger partial charge in [-0.15, -0.1) is 0 Å². The Labute approximate surface area is 97.1 Å². The number of hydrogen-bond donors (Lipinski definition) is 1. The molecule has 16 heavy (non-hydrogen) atoms. The number of rotatable bonds is 4. The average Bonchev–Trinajstić information content (AvgIpc) is 2.22. The third-order valence-corrected chi connectivity index (χ3v) is 3.21. The monoisotopic (exact) mass is 220 g/mol. The molecule has 4 heteroatoms. The minimum Gasteiger partial charge on any atom is -0.359 e. The van der Waals surface area contributed by atoms with Gasteiger partial charge in [-0.2, -0.15) is 4.98 Å². The maximum absolute atomic E-state index is 4.47. The van der Waals surface area contributed by atoms with Crippen LogP contribution in [0.5, 0.6) is 0 Å². The molecule has 1 aromatic heterocycles. The van der Waals surface area contributed by atoms with Crippen molar-refractivity contribution in [3.05, 3.63) is 11.8 Å². The second kappa shape index (κ2) is 4.68. The molecule has 0 saturated heterocycles. The summed E-state index contributed by atoms with van der Waals surface area (Å²) in [7, 11) is 3.96. The van der Waals surface area contributed by atoms with Crippen LogP contribution < -0.4 is 10.2 Å². The maximum Gasteiger partial charge on any atom is 0.224 e. The summed E-state index contributed by atoms with van der Waals surface area (Å²) in [5, 5.41) is 3.00. The van der Waals surface area contributed by atoms with E-state index in [1.807, 2.05) is 20.0 Å². The third kappa shape index (κ3) is 2.43. The van der Waals surface area contributed by atoms with Crippen LogP contribution in [0.3, 0.4) is 0 Å². The highest BCUT2D eigenvalue weighted by Gasteiger charge is 2.19. The Balaban J connectivity index is 2.08. The van der Waals surface area contributed by atoms with Gasteiger partial charge in [0, 0.05) is 32.4 Å². The van der Waals surface area contributed by atoms with Crippen molar-refractivity contribution < 1.29 is 0 Å². The van der Waals surface area contributed by atoms with E-state index in [4.69, 9.17) is 0 Å². The third-order valence-electron chi connectivity index (χ3n) is 3.21. The Bertz CT molecular complexity index is 360. The van der Waals surface area contributed by atoms with E-state index in [1.165, 1.54) is 19.3 Å². The number of aromatic nitrogens is 2. The second-order valence-electron chi connectivity index (χ2n) is 4.62. The Hall–Kier alpha value is -1.32. The van der Waals surface area contributed by atoms with Crippen LogP contribution in [0.4, 0.5) is 11.8 Å². The molecule has 1 saturated carbocycles. The summed E-state index contributed by atoms with van der Waals surface area (Å²) in [4.78, 5) is 11.0. The minimum atomic E-state index is 0.704. The molecule has 0 aliphatic heterocycles. The first-order chi connectivity index (χ1) is 7.69. The fourth-order valence-electron chi connectivity index (χ4n) is 2.02. The van der Waals surface area contributed by atoms with E-state index in [-0.39, 0.29) is 0 Å². The quantitative estimate of drug-likeness (QED) is 0.843. The lowest BCUT2D eigenvalue weighted by Crippen LogP contribution is -2.30. The maximum atomic E-state index is 4.47. The fourth-order valence-corrected chi connectivity index (χ4v) is 2.02. The molecule has 0 atom stereocenters. The number of nitrogens with one attached hydrogen (secondary N) is 1. The Kier molecular flexibility index (Phi) is 3.27. The zero-order chi connectivity index (χ0) is 11.5. The summed E-state index contributed by atoms with van der Waals surface area (Å²) in [5.41, 5.74) is 1.01. The average molecular weight is 220 g/mol. The summed E-state index contributed by atoms with van der Waals surface area (Å²) in [5.74, 6) is 2.58. The van der Waals surface area contributed by atoms with Crippen LogP contribution in [0.2, 0.25) is 0 Å². The normalized spacial score (nSPS) is 15.7. The van der Waals surface area contributed by atoms with Crippen molar-refractivity contribution in [3.63, 3.8) is 0 Å². The van der Waals surface area contributed by atoms with E-state index in [0.29, 0.717) is 5.95 Å². The largest absolute Gasteiger partial charge is 0.359 e. The number of nitrogens with zero attached hydrogens (tertiary/aromatic N) is 3. The Morgan fingerprint density at radius 2 is 2.19 bits per heavy atom. The molecule has 0 amide bonds. The van der Waals surface area contributed by atoms with Gasteiger partial charge in [0.1, 0.15) is 5.82 Å². The van der Waals surface area contributed by atoms with Gasteiger partial charge in [-0.3, -0.25) is 0 Å². The van der Waals surface area contributed by atoms with E-state index in [0.717, 1.165) is 24.0 Å². The molecule has 0 spiro atoms. The zero-order valence-corrected chi connectivity index (χ0v) is 10.3. The molecule has 1 heterocycles. The molecule has 0 radical (unpaired) electrons. The van der Waals surface area contributed by atoms with E-state index >= 15 is 0 Å². The van der Waals surface area contributed by atoms with Crippen LogP contribution >= 0.6 is 0 Å². The van der Waals surface area contributed by atoms with Crippen molar-refractivity contribution in [2.45, 2.75) is 26.2 Å². The Morgan fingerprint density at radius 3 is 2.75 bits per heavy atom. The molecule has 0 unspecified atom stereocenters. The summed E-state index contributed by atoms with van der Waals surface area (Å²) in [6.07, 6.45) is 4.13. The molecule has 88 valence electrons. The molecule has 4 nitrogen and oxygen atoms in total. The van der Waals surface area contributed by atoms with Gasteiger partial charge in [-0.1, -0.05) is 6.42 Å². The van der Waals surface area contributed by atoms with Gasteiger partial charge in [0.15, 0.2) is 0 Å². The highest BCUT2D eigenvalue weighted by atomic mass is 15.2. The van der Waals surface area contributed by atoms with Crippen molar-refractivity contribution in [3.8, 4) is 0 Å². The van der Waals surface area contributed by atoms with Crippen LogP contribution in [0, 0.1) is 12.8 Å². The van der Waals surface area contributed by atoms with Gasteiger partial charge in [0.05, 0.1) is 0 Å². The number of anilines is 2. The van der Waals surface area contributed by atoms with Crippen LogP contribution in [0.25, 0.3) is 0 Å². The molecular formula is C12H20N4. The van der Waals surface area contributed by atoms with Crippen molar-refractivity contribution >= 4 is 11.8 Å². The van der Waals surface area contributed by atoms with Gasteiger partial charge in [0.25, 0.3) is 0 Å². The SMILES string of the molecule is CNc1nc(C)cc(N(C)CC2CCC2)n1.